The topological polar surface area (TPSA) is 77.5 Å². The molecule has 0 heterocycles. The van der Waals surface area contributed by atoms with Gasteiger partial charge in [0.05, 0.1) is 5.41 Å². The minimum Gasteiger partial charge on any atom is -0.426 e. The highest BCUT2D eigenvalue weighted by Gasteiger charge is 2.67. The van der Waals surface area contributed by atoms with Crippen molar-refractivity contribution in [2.45, 2.75) is 71.7 Å². The molecule has 1 aliphatic rings. The molecule has 2 atom stereocenters. The highest BCUT2D eigenvalue weighted by Crippen LogP contribution is 2.65. The van der Waals surface area contributed by atoms with Gasteiger partial charge in [0.2, 0.25) is 18.2 Å². The molecule has 1 aliphatic carbocycles. The van der Waals surface area contributed by atoms with Gasteiger partial charge in [-0.25, -0.2) is 0 Å². The second kappa shape index (κ2) is 10.7. The maximum absolute atomic E-state index is 15.2. The van der Waals surface area contributed by atoms with E-state index in [0.29, 0.717) is 28.7 Å². The number of esters is 1. The lowest BCUT2D eigenvalue weighted by Crippen LogP contribution is -2.26. The van der Waals surface area contributed by atoms with Gasteiger partial charge in [-0.15, -0.1) is 0 Å². The quantitative estimate of drug-likeness (QED) is 0.0796. The van der Waals surface area contributed by atoms with Gasteiger partial charge in [0.15, 0.2) is 0 Å². The molecule has 1 fully saturated rings. The van der Waals surface area contributed by atoms with Crippen molar-refractivity contribution in [3.05, 3.63) is 93.0 Å². The third-order valence-corrected chi connectivity index (χ3v) is 13.2. The molecule has 0 saturated heterocycles. The van der Waals surface area contributed by atoms with Crippen molar-refractivity contribution in [3.63, 3.8) is 0 Å². The lowest BCUT2D eigenvalue weighted by molar-refractivity contribution is -0.140. The van der Waals surface area contributed by atoms with Crippen molar-refractivity contribution < 1.29 is 23.7 Å². The second-order valence-electron chi connectivity index (χ2n) is 11.5. The number of carbonyl (C=O) groups is 3. The maximum Gasteiger partial charge on any atom is 0.318 e. The van der Waals surface area contributed by atoms with E-state index in [1.165, 1.54) is 12.1 Å². The van der Waals surface area contributed by atoms with Gasteiger partial charge in [0, 0.05) is 19.9 Å². The molecule has 0 bridgehead atoms. The number of hydrogen-bond acceptors (Lipinski definition) is 5. The summed E-state index contributed by atoms with van der Waals surface area (Å²) in [6.45, 7) is 15.0. The molecule has 7 heteroatoms. The Labute approximate surface area is 250 Å². The Morgan fingerprint density at radius 2 is 1.27 bits per heavy atom. The van der Waals surface area contributed by atoms with Crippen molar-refractivity contribution in [1.29, 1.82) is 0 Å². The smallest absolute Gasteiger partial charge is 0.318 e. The minimum atomic E-state index is -4.43. The molecule has 0 amide bonds. The molecule has 210 valence electrons. The van der Waals surface area contributed by atoms with E-state index in [4.69, 9.17) is 4.74 Å². The number of ether oxygens (including phenoxy) is 1. The van der Waals surface area contributed by atoms with Crippen LogP contribution in [-0.2, 0) is 9.36 Å². The van der Waals surface area contributed by atoms with Crippen LogP contribution in [0.1, 0.15) is 80.8 Å². The SMILES string of the molecule is CCC1(I)CC1(C)C(=O)Oc1cccc(P(=O)(C(=O)c2c(C)cc(C)cc2C)C(=O)c2c(C)cc(C)cc2C)c1. The highest BCUT2D eigenvalue weighted by atomic mass is 127. The molecule has 0 aromatic heterocycles. The largest absolute Gasteiger partial charge is 0.426 e. The Hall–Kier alpha value is -2.57. The van der Waals surface area contributed by atoms with E-state index in [1.54, 1.807) is 39.8 Å². The number of halogens is 1. The summed E-state index contributed by atoms with van der Waals surface area (Å²) in [6.07, 6.45) is 1.55. The van der Waals surface area contributed by atoms with Crippen LogP contribution in [0.2, 0.25) is 0 Å². The molecule has 0 aliphatic heterocycles. The van der Waals surface area contributed by atoms with Crippen molar-refractivity contribution in [2.24, 2.45) is 5.41 Å². The first kappa shape index (κ1) is 30.4. The fourth-order valence-electron chi connectivity index (χ4n) is 5.93. The molecular weight excluding hydrogens is 634 g/mol. The predicted molar refractivity (Wildman–Crippen MR) is 169 cm³/mol. The Balaban J connectivity index is 1.88. The van der Waals surface area contributed by atoms with Crippen LogP contribution in [-0.4, -0.2) is 20.4 Å². The fourth-order valence-corrected chi connectivity index (χ4v) is 9.50. The lowest BCUT2D eigenvalue weighted by atomic mass is 10.0. The first-order chi connectivity index (χ1) is 18.6. The standard InChI is InChI=1S/C33H36IO5P/c1-9-33(34)18-32(33,8)31(37)39-25-11-10-12-26(17-25)40(38,29(35)27-21(4)13-19(2)14-22(27)5)30(36)28-23(6)15-20(3)16-24(28)7/h10-17H,9,18H2,1-8H3. The number of benzene rings is 3. The van der Waals surface area contributed by atoms with E-state index in [1.807, 2.05) is 52.0 Å². The first-order valence-electron chi connectivity index (χ1n) is 13.5. The van der Waals surface area contributed by atoms with Gasteiger partial charge < -0.3 is 9.30 Å². The van der Waals surface area contributed by atoms with Crippen LogP contribution in [0.5, 0.6) is 5.75 Å². The van der Waals surface area contributed by atoms with Gasteiger partial charge >= 0.3 is 5.97 Å². The van der Waals surface area contributed by atoms with Crippen LogP contribution in [0, 0.1) is 47.0 Å². The van der Waals surface area contributed by atoms with Crippen molar-refractivity contribution in [3.8, 4) is 5.75 Å². The Bertz CT molecular complexity index is 1500. The first-order valence-corrected chi connectivity index (χ1v) is 16.2. The Morgan fingerprint density at radius 3 is 1.68 bits per heavy atom. The van der Waals surface area contributed by atoms with Gasteiger partial charge in [0.25, 0.3) is 0 Å². The molecule has 0 radical (unpaired) electrons. The van der Waals surface area contributed by atoms with Gasteiger partial charge in [-0.1, -0.05) is 77.0 Å². The van der Waals surface area contributed by atoms with Gasteiger partial charge in [0.1, 0.15) is 5.75 Å². The average molecular weight is 671 g/mol. The van der Waals surface area contributed by atoms with E-state index < -0.39 is 23.6 Å². The number of hydrogen-bond donors (Lipinski definition) is 0. The molecule has 1 saturated carbocycles. The predicted octanol–water partition coefficient (Wildman–Crippen LogP) is 8.11. The lowest BCUT2D eigenvalue weighted by Gasteiger charge is -2.22. The molecule has 3 aromatic rings. The average Bonchev–Trinajstić information content (AvgIpc) is 3.44. The molecule has 0 spiro atoms. The zero-order chi connectivity index (χ0) is 29.8. The third-order valence-electron chi connectivity index (χ3n) is 8.25. The normalized spacial score (nSPS) is 20.2. The number of carbonyl (C=O) groups excluding carboxylic acids is 3. The van der Waals surface area contributed by atoms with Crippen LogP contribution in [0.15, 0.2) is 48.5 Å². The summed E-state index contributed by atoms with van der Waals surface area (Å²) in [6, 6.07) is 13.6. The van der Waals surface area contributed by atoms with Crippen molar-refractivity contribution >= 4 is 52.1 Å². The summed E-state index contributed by atoms with van der Waals surface area (Å²) in [7, 11) is -4.43. The summed E-state index contributed by atoms with van der Waals surface area (Å²) in [5.74, 6) is -0.204. The van der Waals surface area contributed by atoms with Crippen LogP contribution in [0.25, 0.3) is 0 Å². The highest BCUT2D eigenvalue weighted by molar-refractivity contribution is 14.1. The molecule has 40 heavy (non-hydrogen) atoms. The number of aryl methyl sites for hydroxylation is 6. The molecule has 5 nitrogen and oxygen atoms in total. The Morgan fingerprint density at radius 1 is 0.825 bits per heavy atom. The summed E-state index contributed by atoms with van der Waals surface area (Å²) < 4.78 is 20.8. The number of rotatable bonds is 8. The zero-order valence-electron chi connectivity index (χ0n) is 24.4. The third kappa shape index (κ3) is 5.02. The van der Waals surface area contributed by atoms with E-state index >= 15 is 4.57 Å². The van der Waals surface area contributed by atoms with Crippen LogP contribution in [0.3, 0.4) is 0 Å². The fraction of sp³-hybridized carbons (Fsp3) is 0.364. The van der Waals surface area contributed by atoms with Crippen LogP contribution < -0.4 is 10.0 Å². The molecule has 4 rings (SSSR count). The van der Waals surface area contributed by atoms with E-state index in [2.05, 4.69) is 22.6 Å². The molecule has 2 unspecified atom stereocenters. The summed E-state index contributed by atoms with van der Waals surface area (Å²) in [4.78, 5) is 41.9. The molecule has 0 N–H and O–H groups in total. The van der Waals surface area contributed by atoms with E-state index in [9.17, 15) is 14.4 Å². The summed E-state index contributed by atoms with van der Waals surface area (Å²) in [5, 5.41) is 0.0590. The molecular formula is C33H36IO5P. The Kier molecular flexibility index (Phi) is 8.12. The van der Waals surface area contributed by atoms with Crippen LogP contribution >= 0.6 is 29.7 Å². The molecule has 3 aromatic carbocycles. The summed E-state index contributed by atoms with van der Waals surface area (Å²) in [5.41, 5.74) is 3.13. The van der Waals surface area contributed by atoms with Gasteiger partial charge in [-0.3, -0.25) is 14.4 Å². The van der Waals surface area contributed by atoms with E-state index in [0.717, 1.165) is 17.5 Å². The van der Waals surface area contributed by atoms with Gasteiger partial charge in [-0.2, -0.15) is 0 Å². The van der Waals surface area contributed by atoms with Crippen LogP contribution in [0.4, 0.5) is 0 Å². The summed E-state index contributed by atoms with van der Waals surface area (Å²) >= 11 is 2.32. The second-order valence-corrected chi connectivity index (χ2v) is 16.1. The maximum atomic E-state index is 15.2. The van der Waals surface area contributed by atoms with E-state index in [-0.39, 0.29) is 31.6 Å². The zero-order valence-corrected chi connectivity index (χ0v) is 27.5. The van der Waals surface area contributed by atoms with Crippen molar-refractivity contribution in [1.82, 2.24) is 0 Å². The van der Waals surface area contributed by atoms with Crippen molar-refractivity contribution in [2.75, 3.05) is 0 Å². The number of alkyl halides is 1. The minimum absolute atomic E-state index is 0.0590. The van der Waals surface area contributed by atoms with Gasteiger partial charge in [-0.05, 0) is 95.7 Å². The monoisotopic (exact) mass is 670 g/mol.